The van der Waals surface area contributed by atoms with Gasteiger partial charge in [0.2, 0.25) is 15.9 Å². The summed E-state index contributed by atoms with van der Waals surface area (Å²) < 4.78 is 22.5. The summed E-state index contributed by atoms with van der Waals surface area (Å²) >= 11 is 1.03. The smallest absolute Gasteiger partial charge is 0.258 e. The first kappa shape index (κ1) is 19.2. The fourth-order valence-corrected chi connectivity index (χ4v) is 4.27. The number of amides is 1. The maximum Gasteiger partial charge on any atom is 0.258 e. The predicted molar refractivity (Wildman–Crippen MR) is 103 cm³/mol. The van der Waals surface area contributed by atoms with Crippen LogP contribution >= 0.6 is 11.3 Å². The Labute approximate surface area is 159 Å². The lowest BCUT2D eigenvalue weighted by Gasteiger charge is -2.05. The number of hydrogen-bond donors (Lipinski definition) is 3. The number of nitrogens with one attached hydrogen (secondary N) is 2. The van der Waals surface area contributed by atoms with E-state index in [2.05, 4.69) is 15.3 Å². The molecule has 2 heterocycles. The fraction of sp³-hybridized carbons (Fsp3) is 0.235. The van der Waals surface area contributed by atoms with Crippen molar-refractivity contribution in [3.63, 3.8) is 0 Å². The lowest BCUT2D eigenvalue weighted by Crippen LogP contribution is -2.22. The van der Waals surface area contributed by atoms with Gasteiger partial charge in [0.15, 0.2) is 0 Å². The van der Waals surface area contributed by atoms with Gasteiger partial charge in [0.05, 0.1) is 17.4 Å². The Morgan fingerprint density at radius 2 is 2.00 bits per heavy atom. The SMILES string of the molecule is NS(=O)(=O)c1ccc(CNC(=O)CCCc2nc3ccccc3c(=O)[nH]2)s1. The van der Waals surface area contributed by atoms with Crippen LogP contribution in [0.3, 0.4) is 0 Å². The monoisotopic (exact) mass is 406 g/mol. The Morgan fingerprint density at radius 3 is 2.74 bits per heavy atom. The molecule has 0 aliphatic heterocycles. The first-order valence-corrected chi connectivity index (χ1v) is 10.6. The van der Waals surface area contributed by atoms with Gasteiger partial charge in [-0.3, -0.25) is 9.59 Å². The number of aromatic amines is 1. The van der Waals surface area contributed by atoms with E-state index in [1.54, 1.807) is 24.3 Å². The van der Waals surface area contributed by atoms with E-state index in [0.29, 0.717) is 34.4 Å². The number of carbonyl (C=O) groups is 1. The molecule has 0 aliphatic rings. The van der Waals surface area contributed by atoms with Crippen molar-refractivity contribution in [2.24, 2.45) is 5.14 Å². The van der Waals surface area contributed by atoms with Crippen molar-refractivity contribution < 1.29 is 13.2 Å². The van der Waals surface area contributed by atoms with Crippen LogP contribution < -0.4 is 16.0 Å². The Bertz CT molecular complexity index is 1140. The average Bonchev–Trinajstić information content (AvgIpc) is 3.09. The summed E-state index contributed by atoms with van der Waals surface area (Å²) in [6.07, 6.45) is 1.27. The lowest BCUT2D eigenvalue weighted by molar-refractivity contribution is -0.121. The van der Waals surface area contributed by atoms with Gasteiger partial charge < -0.3 is 10.3 Å². The van der Waals surface area contributed by atoms with Gasteiger partial charge in [0.25, 0.3) is 5.56 Å². The van der Waals surface area contributed by atoms with Gasteiger partial charge in [0, 0.05) is 17.7 Å². The molecule has 4 N–H and O–H groups in total. The Morgan fingerprint density at radius 1 is 1.22 bits per heavy atom. The number of thiophene rings is 1. The van der Waals surface area contributed by atoms with Crippen molar-refractivity contribution in [3.8, 4) is 0 Å². The van der Waals surface area contributed by atoms with Crippen molar-refractivity contribution in [2.75, 3.05) is 0 Å². The zero-order valence-corrected chi connectivity index (χ0v) is 15.9. The maximum atomic E-state index is 12.0. The number of nitrogens with zero attached hydrogens (tertiary/aromatic N) is 1. The number of para-hydroxylation sites is 1. The van der Waals surface area contributed by atoms with Crippen LogP contribution in [0.5, 0.6) is 0 Å². The van der Waals surface area contributed by atoms with Crippen LogP contribution in [0.15, 0.2) is 45.4 Å². The number of aryl methyl sites for hydroxylation is 1. The molecule has 0 saturated heterocycles. The second kappa shape index (κ2) is 7.99. The summed E-state index contributed by atoms with van der Waals surface area (Å²) in [5, 5.41) is 8.33. The second-order valence-electron chi connectivity index (χ2n) is 5.93. The quantitative estimate of drug-likeness (QED) is 0.543. The number of rotatable bonds is 7. The Balaban J connectivity index is 1.50. The molecule has 2 aromatic heterocycles. The van der Waals surface area contributed by atoms with Gasteiger partial charge in [-0.1, -0.05) is 12.1 Å². The van der Waals surface area contributed by atoms with Crippen molar-refractivity contribution in [2.45, 2.75) is 30.0 Å². The summed E-state index contributed by atoms with van der Waals surface area (Å²) in [6.45, 7) is 0.240. The summed E-state index contributed by atoms with van der Waals surface area (Å²) in [5.74, 6) is 0.381. The lowest BCUT2D eigenvalue weighted by atomic mass is 10.2. The fourth-order valence-electron chi connectivity index (χ4n) is 2.55. The number of H-pyrrole nitrogens is 1. The first-order valence-electron chi connectivity index (χ1n) is 8.19. The van der Waals surface area contributed by atoms with E-state index in [9.17, 15) is 18.0 Å². The normalized spacial score (nSPS) is 11.6. The van der Waals surface area contributed by atoms with Gasteiger partial charge >= 0.3 is 0 Å². The van der Waals surface area contributed by atoms with E-state index < -0.39 is 10.0 Å². The molecule has 0 atom stereocenters. The van der Waals surface area contributed by atoms with E-state index in [0.717, 1.165) is 11.3 Å². The van der Waals surface area contributed by atoms with Crippen LogP contribution in [0.2, 0.25) is 0 Å². The number of aromatic nitrogens is 2. The molecular weight excluding hydrogens is 388 g/mol. The van der Waals surface area contributed by atoms with Crippen molar-refractivity contribution in [1.82, 2.24) is 15.3 Å². The average molecular weight is 406 g/mol. The van der Waals surface area contributed by atoms with E-state index in [1.165, 1.54) is 6.07 Å². The molecule has 3 aromatic rings. The summed E-state index contributed by atoms with van der Waals surface area (Å²) in [7, 11) is -3.71. The highest BCUT2D eigenvalue weighted by atomic mass is 32.2. The van der Waals surface area contributed by atoms with Crippen LogP contribution in [0.25, 0.3) is 10.9 Å². The summed E-state index contributed by atoms with van der Waals surface area (Å²) in [5.41, 5.74) is 0.437. The van der Waals surface area contributed by atoms with Crippen LogP contribution in [-0.4, -0.2) is 24.3 Å². The van der Waals surface area contributed by atoms with Gasteiger partial charge in [0.1, 0.15) is 10.0 Å². The molecule has 8 nitrogen and oxygen atoms in total. The summed E-state index contributed by atoms with van der Waals surface area (Å²) in [6, 6.07) is 10.1. The molecule has 142 valence electrons. The van der Waals surface area contributed by atoms with Crippen molar-refractivity contribution >= 4 is 38.2 Å². The van der Waals surface area contributed by atoms with E-state index in [4.69, 9.17) is 5.14 Å². The van der Waals surface area contributed by atoms with Crippen molar-refractivity contribution in [1.29, 1.82) is 0 Å². The number of hydrogen-bond acceptors (Lipinski definition) is 6. The van der Waals surface area contributed by atoms with Crippen LogP contribution in [0.1, 0.15) is 23.5 Å². The summed E-state index contributed by atoms with van der Waals surface area (Å²) in [4.78, 5) is 31.8. The third-order valence-corrected chi connectivity index (χ3v) is 6.38. The molecule has 0 spiro atoms. The van der Waals surface area contributed by atoms with Crippen molar-refractivity contribution in [3.05, 3.63) is 57.5 Å². The molecule has 3 rings (SSSR count). The van der Waals surface area contributed by atoms with Crippen LogP contribution in [0.4, 0.5) is 0 Å². The number of primary sulfonamides is 1. The van der Waals surface area contributed by atoms with Crippen LogP contribution in [-0.2, 0) is 27.8 Å². The number of nitrogens with two attached hydrogens (primary N) is 1. The minimum absolute atomic E-state index is 0.0677. The molecular formula is C17H18N4O4S2. The molecule has 1 aromatic carbocycles. The van der Waals surface area contributed by atoms with Gasteiger partial charge in [-0.05, 0) is 30.7 Å². The molecule has 0 radical (unpaired) electrons. The standard InChI is InChI=1S/C17H18N4O4S2/c18-27(24,25)16-9-8-11(26-16)10-19-15(22)7-3-6-14-20-13-5-2-1-4-12(13)17(23)21-14/h1-2,4-5,8-9H,3,6-7,10H2,(H,19,22)(H2,18,24,25)(H,20,21,23). The zero-order valence-electron chi connectivity index (χ0n) is 14.3. The van der Waals surface area contributed by atoms with E-state index in [-0.39, 0.29) is 28.6 Å². The molecule has 0 bridgehead atoms. The predicted octanol–water partition coefficient (Wildman–Crippen LogP) is 1.27. The van der Waals surface area contributed by atoms with Gasteiger partial charge in [-0.25, -0.2) is 18.5 Å². The number of carbonyl (C=O) groups excluding carboxylic acids is 1. The second-order valence-corrected chi connectivity index (χ2v) is 8.88. The highest BCUT2D eigenvalue weighted by Gasteiger charge is 2.12. The molecule has 1 amide bonds. The largest absolute Gasteiger partial charge is 0.351 e. The molecule has 10 heteroatoms. The van der Waals surface area contributed by atoms with E-state index in [1.807, 2.05) is 6.07 Å². The minimum Gasteiger partial charge on any atom is -0.351 e. The third kappa shape index (κ3) is 5.00. The van der Waals surface area contributed by atoms with Gasteiger partial charge in [-0.15, -0.1) is 11.3 Å². The Hall–Kier alpha value is -2.56. The molecule has 27 heavy (non-hydrogen) atoms. The highest BCUT2D eigenvalue weighted by Crippen LogP contribution is 2.20. The maximum absolute atomic E-state index is 12.0. The minimum atomic E-state index is -3.71. The highest BCUT2D eigenvalue weighted by molar-refractivity contribution is 7.91. The van der Waals surface area contributed by atoms with E-state index >= 15 is 0 Å². The zero-order chi connectivity index (χ0) is 19.4. The van der Waals surface area contributed by atoms with Crippen LogP contribution in [0, 0.1) is 0 Å². The molecule has 0 unspecified atom stereocenters. The molecule has 0 aliphatic carbocycles. The number of fused-ring (bicyclic) bond motifs is 1. The molecule has 0 saturated carbocycles. The third-order valence-electron chi connectivity index (χ3n) is 3.86. The Kier molecular flexibility index (Phi) is 5.68. The van der Waals surface area contributed by atoms with Gasteiger partial charge in [-0.2, -0.15) is 0 Å². The molecule has 0 fully saturated rings. The topological polar surface area (TPSA) is 135 Å². The first-order chi connectivity index (χ1) is 12.8. The number of sulfonamides is 1. The number of benzene rings is 1.